The van der Waals surface area contributed by atoms with Gasteiger partial charge in [0.25, 0.3) is 0 Å². The van der Waals surface area contributed by atoms with E-state index in [2.05, 4.69) is 45.6 Å². The maximum Gasteiger partial charge on any atom is 0.124 e. The van der Waals surface area contributed by atoms with Crippen molar-refractivity contribution in [3.8, 4) is 16.3 Å². The molecule has 3 atom stereocenters. The molecule has 2 aliphatic rings. The Kier molecular flexibility index (Phi) is 5.22. The molecule has 28 heavy (non-hydrogen) atoms. The van der Waals surface area contributed by atoms with Crippen LogP contribution in [0.4, 0.5) is 0 Å². The molecule has 0 fully saturated rings. The van der Waals surface area contributed by atoms with Crippen LogP contribution in [0.5, 0.6) is 5.75 Å². The Morgan fingerprint density at radius 1 is 1.29 bits per heavy atom. The lowest BCUT2D eigenvalue weighted by Crippen LogP contribution is -2.40. The third-order valence-corrected chi connectivity index (χ3v) is 8.25. The number of aromatic nitrogens is 1. The largest absolute Gasteiger partial charge is 0.497 e. The average molecular weight is 394 g/mol. The first-order valence-electron chi connectivity index (χ1n) is 10.5. The Morgan fingerprint density at radius 3 is 2.64 bits per heavy atom. The number of thiazole rings is 1. The predicted molar refractivity (Wildman–Crippen MR) is 120 cm³/mol. The summed E-state index contributed by atoms with van der Waals surface area (Å²) in [5.74, 6) is 2.18. The van der Waals surface area contributed by atoms with Crippen molar-refractivity contribution in [2.75, 3.05) is 7.11 Å². The Labute approximate surface area is 173 Å². The molecule has 2 aliphatic carbocycles. The third-order valence-electron chi connectivity index (χ3n) is 7.07. The minimum Gasteiger partial charge on any atom is -0.497 e. The van der Waals surface area contributed by atoms with Gasteiger partial charge in [-0.15, -0.1) is 11.3 Å². The van der Waals surface area contributed by atoms with E-state index in [0.717, 1.165) is 23.6 Å². The molecule has 148 valence electrons. The summed E-state index contributed by atoms with van der Waals surface area (Å²) in [6.07, 6.45) is 8.42. The molecule has 0 N–H and O–H groups in total. The minimum absolute atomic E-state index is 0.285. The molecule has 1 aromatic carbocycles. The second-order valence-electron chi connectivity index (χ2n) is 8.44. The molecule has 0 radical (unpaired) electrons. The maximum atomic E-state index is 5.31. The third kappa shape index (κ3) is 3.04. The second kappa shape index (κ2) is 7.51. The van der Waals surface area contributed by atoms with Gasteiger partial charge in [0.15, 0.2) is 0 Å². The number of allylic oxidation sites excluding steroid dienone is 3. The molecule has 0 spiro atoms. The number of rotatable bonds is 5. The van der Waals surface area contributed by atoms with E-state index in [0.29, 0.717) is 11.8 Å². The van der Waals surface area contributed by atoms with Gasteiger partial charge in [-0.1, -0.05) is 38.5 Å². The normalized spacial score (nSPS) is 26.2. The first-order chi connectivity index (χ1) is 13.5. The van der Waals surface area contributed by atoms with E-state index in [1.807, 2.05) is 23.5 Å². The summed E-state index contributed by atoms with van der Waals surface area (Å²) in [5, 5.41) is 1.14. The zero-order valence-corrected chi connectivity index (χ0v) is 18.4. The lowest BCUT2D eigenvalue weighted by Gasteiger charge is -2.49. The first kappa shape index (κ1) is 19.4. The van der Waals surface area contributed by atoms with Gasteiger partial charge in [0.1, 0.15) is 10.8 Å². The number of hydrogen-bond donors (Lipinski definition) is 0. The molecular weight excluding hydrogens is 362 g/mol. The molecule has 0 saturated carbocycles. The number of nitrogens with zero attached hydrogens (tertiary/aromatic N) is 1. The Balaban J connectivity index is 1.79. The van der Waals surface area contributed by atoms with E-state index in [4.69, 9.17) is 9.72 Å². The van der Waals surface area contributed by atoms with Crippen LogP contribution in [-0.4, -0.2) is 12.1 Å². The molecule has 4 rings (SSSR count). The quantitative estimate of drug-likeness (QED) is 0.502. The Bertz CT molecular complexity index is 907. The monoisotopic (exact) mass is 393 g/mol. The van der Waals surface area contributed by atoms with E-state index < -0.39 is 0 Å². The molecule has 3 heteroatoms. The van der Waals surface area contributed by atoms with Crippen molar-refractivity contribution in [1.82, 2.24) is 4.98 Å². The Morgan fingerprint density at radius 2 is 2.04 bits per heavy atom. The molecule has 1 heterocycles. The fraction of sp³-hybridized carbons (Fsp3) is 0.480. The molecular formula is C25H31NOS. The van der Waals surface area contributed by atoms with Crippen LogP contribution in [-0.2, 0) is 6.42 Å². The maximum absolute atomic E-state index is 5.31. The first-order valence-corrected chi connectivity index (χ1v) is 11.3. The highest BCUT2D eigenvalue weighted by molar-refractivity contribution is 7.16. The molecule has 0 aliphatic heterocycles. The summed E-state index contributed by atoms with van der Waals surface area (Å²) in [6.45, 7) is 11.2. The molecule has 0 bridgehead atoms. The van der Waals surface area contributed by atoms with Crippen molar-refractivity contribution < 1.29 is 4.74 Å². The van der Waals surface area contributed by atoms with Crippen LogP contribution < -0.4 is 4.74 Å². The molecule has 0 amide bonds. The van der Waals surface area contributed by atoms with Gasteiger partial charge < -0.3 is 4.74 Å². The fourth-order valence-corrected chi connectivity index (χ4v) is 6.57. The second-order valence-corrected chi connectivity index (χ2v) is 9.44. The summed E-state index contributed by atoms with van der Waals surface area (Å²) in [4.78, 5) is 6.55. The SMILES string of the molecule is C=C(C)[C@@H]1CC=C2c3sc(-c4ccc(OC)cc4)nc3CC(CC)C2(CC)C1. The molecule has 2 aromatic rings. The minimum atomic E-state index is 0.285. The van der Waals surface area contributed by atoms with E-state index in [-0.39, 0.29) is 5.41 Å². The fourth-order valence-electron chi connectivity index (χ4n) is 5.32. The summed E-state index contributed by atoms with van der Waals surface area (Å²) in [6, 6.07) is 8.30. The van der Waals surface area contributed by atoms with Crippen LogP contribution in [0.25, 0.3) is 16.1 Å². The van der Waals surface area contributed by atoms with Crippen LogP contribution in [0.3, 0.4) is 0 Å². The highest BCUT2D eigenvalue weighted by atomic mass is 32.1. The van der Waals surface area contributed by atoms with Gasteiger partial charge >= 0.3 is 0 Å². The summed E-state index contributed by atoms with van der Waals surface area (Å²) >= 11 is 1.88. The van der Waals surface area contributed by atoms with Crippen molar-refractivity contribution >= 4 is 16.9 Å². The number of ether oxygens (including phenoxy) is 1. The van der Waals surface area contributed by atoms with Crippen molar-refractivity contribution in [3.05, 3.63) is 53.1 Å². The lowest BCUT2D eigenvalue weighted by molar-refractivity contribution is 0.166. The van der Waals surface area contributed by atoms with Crippen molar-refractivity contribution in [2.45, 2.75) is 52.9 Å². The Hall–Kier alpha value is -1.87. The summed E-state index contributed by atoms with van der Waals surface area (Å²) in [5.41, 5.74) is 5.70. The smallest absolute Gasteiger partial charge is 0.124 e. The van der Waals surface area contributed by atoms with Gasteiger partial charge in [-0.3, -0.25) is 0 Å². The van der Waals surface area contributed by atoms with E-state index in [9.17, 15) is 0 Å². The molecule has 2 nitrogen and oxygen atoms in total. The number of hydrogen-bond acceptors (Lipinski definition) is 3. The van der Waals surface area contributed by atoms with Crippen LogP contribution in [0.2, 0.25) is 0 Å². The van der Waals surface area contributed by atoms with Gasteiger partial charge in [0.2, 0.25) is 0 Å². The number of methoxy groups -OCH3 is 1. The van der Waals surface area contributed by atoms with Crippen molar-refractivity contribution in [2.24, 2.45) is 17.3 Å². The summed E-state index contributed by atoms with van der Waals surface area (Å²) < 4.78 is 5.31. The highest BCUT2D eigenvalue weighted by Gasteiger charge is 2.48. The van der Waals surface area contributed by atoms with E-state index >= 15 is 0 Å². The van der Waals surface area contributed by atoms with Crippen LogP contribution in [0.15, 0.2) is 42.5 Å². The van der Waals surface area contributed by atoms with Gasteiger partial charge in [-0.05, 0) is 79.7 Å². The highest BCUT2D eigenvalue weighted by Crippen LogP contribution is 2.59. The van der Waals surface area contributed by atoms with Crippen molar-refractivity contribution in [3.63, 3.8) is 0 Å². The van der Waals surface area contributed by atoms with Crippen LogP contribution >= 0.6 is 11.3 Å². The average Bonchev–Trinajstić information content (AvgIpc) is 3.16. The molecule has 2 unspecified atom stereocenters. The van der Waals surface area contributed by atoms with Crippen LogP contribution in [0, 0.1) is 17.3 Å². The van der Waals surface area contributed by atoms with E-state index in [1.165, 1.54) is 41.0 Å². The van der Waals surface area contributed by atoms with Crippen molar-refractivity contribution in [1.29, 1.82) is 0 Å². The molecule has 1 aromatic heterocycles. The lowest BCUT2D eigenvalue weighted by atomic mass is 9.55. The van der Waals surface area contributed by atoms with Gasteiger partial charge in [-0.25, -0.2) is 4.98 Å². The number of benzene rings is 1. The number of fused-ring (bicyclic) bond motifs is 3. The van der Waals surface area contributed by atoms with Gasteiger partial charge in [-0.2, -0.15) is 0 Å². The zero-order chi connectivity index (χ0) is 19.9. The zero-order valence-electron chi connectivity index (χ0n) is 17.5. The van der Waals surface area contributed by atoms with E-state index in [1.54, 1.807) is 12.7 Å². The molecule has 0 saturated heterocycles. The summed E-state index contributed by atoms with van der Waals surface area (Å²) in [7, 11) is 1.71. The predicted octanol–water partition coefficient (Wildman–Crippen LogP) is 7.17. The topological polar surface area (TPSA) is 22.1 Å². The van der Waals surface area contributed by atoms with Gasteiger partial charge in [0.05, 0.1) is 17.7 Å². The standard InChI is InChI=1S/C25H31NOS/c1-6-19-14-22-23(21-13-10-18(16(3)4)15-25(19,21)7-2)28-24(26-22)17-8-11-20(27-5)12-9-17/h8-9,11-13,18-19H,3,6-7,10,14-15H2,1-2,4-5H3/t18-,19?,25?/m1/s1. The van der Waals surface area contributed by atoms with Crippen LogP contribution in [0.1, 0.15) is 57.0 Å². The van der Waals surface area contributed by atoms with Gasteiger partial charge in [0, 0.05) is 5.56 Å².